The average molecular weight is 402 g/mol. The van der Waals surface area contributed by atoms with E-state index in [4.69, 9.17) is 21.3 Å². The van der Waals surface area contributed by atoms with Crippen LogP contribution < -0.4 is 4.74 Å². The van der Waals surface area contributed by atoms with Gasteiger partial charge in [0.25, 0.3) is 5.91 Å². The molecule has 1 aromatic heterocycles. The number of para-hydroxylation sites is 1. The first-order chi connectivity index (χ1) is 13.1. The van der Waals surface area contributed by atoms with Gasteiger partial charge >= 0.3 is 0 Å². The van der Waals surface area contributed by atoms with Crippen LogP contribution in [0, 0.1) is 0 Å². The van der Waals surface area contributed by atoms with Crippen molar-refractivity contribution in [2.24, 2.45) is 0 Å². The van der Waals surface area contributed by atoms with Gasteiger partial charge in [-0.1, -0.05) is 23.7 Å². The quantitative estimate of drug-likeness (QED) is 0.664. The third-order valence-corrected chi connectivity index (χ3v) is 6.00. The second kappa shape index (κ2) is 7.84. The maximum atomic E-state index is 12.9. The number of halogens is 1. The number of methoxy groups -OCH3 is 1. The Morgan fingerprint density at radius 1 is 1.19 bits per heavy atom. The highest BCUT2D eigenvalue weighted by Gasteiger charge is 2.25. The lowest BCUT2D eigenvalue weighted by molar-refractivity contribution is 0.0625. The van der Waals surface area contributed by atoms with Crippen LogP contribution >= 0.6 is 22.9 Å². The Hall–Kier alpha value is -2.15. The number of hydrogen-bond donors (Lipinski definition) is 0. The summed E-state index contributed by atoms with van der Waals surface area (Å²) in [5.74, 6) is 0.523. The van der Waals surface area contributed by atoms with Gasteiger partial charge in [0.15, 0.2) is 0 Å². The van der Waals surface area contributed by atoms with E-state index in [0.29, 0.717) is 29.4 Å². The molecule has 3 aromatic rings. The molecule has 0 atom stereocenters. The van der Waals surface area contributed by atoms with E-state index >= 15 is 0 Å². The van der Waals surface area contributed by atoms with Crippen molar-refractivity contribution in [3.05, 3.63) is 58.1 Å². The van der Waals surface area contributed by atoms with Crippen LogP contribution in [0.25, 0.3) is 10.2 Å². The van der Waals surface area contributed by atoms with Gasteiger partial charge < -0.3 is 9.64 Å². The molecule has 0 bridgehead atoms. The Balaban J connectivity index is 1.40. The van der Waals surface area contributed by atoms with Crippen LogP contribution in [0.4, 0.5) is 0 Å². The standard InChI is InChI=1S/C20H20ClN3O2S/c1-26-17-7-6-14(21)12-15(17)20(25)24-10-8-23(9-11-24)13-19-22-16-4-2-3-5-18(16)27-19/h2-7,12H,8-11,13H2,1H3. The van der Waals surface area contributed by atoms with Gasteiger partial charge in [-0.05, 0) is 30.3 Å². The molecule has 0 aliphatic carbocycles. The number of nitrogens with zero attached hydrogens (tertiary/aromatic N) is 3. The fourth-order valence-electron chi connectivity index (χ4n) is 3.31. The number of thiazole rings is 1. The van der Waals surface area contributed by atoms with Gasteiger partial charge in [0.05, 0.1) is 29.4 Å². The van der Waals surface area contributed by atoms with Crippen molar-refractivity contribution in [3.8, 4) is 5.75 Å². The van der Waals surface area contributed by atoms with E-state index in [1.54, 1.807) is 36.6 Å². The van der Waals surface area contributed by atoms with Gasteiger partial charge in [-0.3, -0.25) is 9.69 Å². The summed E-state index contributed by atoms with van der Waals surface area (Å²) in [5.41, 5.74) is 1.57. The highest BCUT2D eigenvalue weighted by Crippen LogP contribution is 2.26. The predicted octanol–water partition coefficient (Wildman–Crippen LogP) is 3.92. The molecule has 27 heavy (non-hydrogen) atoms. The highest BCUT2D eigenvalue weighted by molar-refractivity contribution is 7.18. The van der Waals surface area contributed by atoms with Gasteiger partial charge in [-0.2, -0.15) is 0 Å². The third-order valence-electron chi connectivity index (χ3n) is 4.75. The van der Waals surface area contributed by atoms with Crippen LogP contribution in [0.15, 0.2) is 42.5 Å². The number of carbonyl (C=O) groups is 1. The lowest BCUT2D eigenvalue weighted by Crippen LogP contribution is -2.48. The normalized spacial score (nSPS) is 15.3. The Bertz CT molecular complexity index is 934. The zero-order valence-corrected chi connectivity index (χ0v) is 16.6. The van der Waals surface area contributed by atoms with Crippen molar-refractivity contribution in [1.29, 1.82) is 0 Å². The molecule has 1 fully saturated rings. The largest absolute Gasteiger partial charge is 0.496 e. The number of benzene rings is 2. The molecule has 1 aliphatic heterocycles. The Morgan fingerprint density at radius 2 is 1.96 bits per heavy atom. The molecule has 0 N–H and O–H groups in total. The first-order valence-corrected chi connectivity index (χ1v) is 10.0. The molecule has 2 heterocycles. The zero-order chi connectivity index (χ0) is 18.8. The van der Waals surface area contributed by atoms with E-state index in [2.05, 4.69) is 11.0 Å². The SMILES string of the molecule is COc1ccc(Cl)cc1C(=O)N1CCN(Cc2nc3ccccc3s2)CC1. The van der Waals surface area contributed by atoms with Crippen LogP contribution in [0.2, 0.25) is 5.02 Å². The fourth-order valence-corrected chi connectivity index (χ4v) is 4.49. The summed E-state index contributed by atoms with van der Waals surface area (Å²) in [6, 6.07) is 13.3. The topological polar surface area (TPSA) is 45.7 Å². The van der Waals surface area contributed by atoms with E-state index < -0.39 is 0 Å². The summed E-state index contributed by atoms with van der Waals surface area (Å²) < 4.78 is 6.53. The summed E-state index contributed by atoms with van der Waals surface area (Å²) in [6.45, 7) is 3.83. The van der Waals surface area contributed by atoms with Crippen molar-refractivity contribution in [1.82, 2.24) is 14.8 Å². The van der Waals surface area contributed by atoms with Crippen LogP contribution in [-0.4, -0.2) is 54.0 Å². The summed E-state index contributed by atoms with van der Waals surface area (Å²) in [4.78, 5) is 21.8. The molecule has 0 unspecified atom stereocenters. The molecule has 0 saturated carbocycles. The molecule has 1 saturated heterocycles. The monoisotopic (exact) mass is 401 g/mol. The van der Waals surface area contributed by atoms with Crippen LogP contribution in [0.5, 0.6) is 5.75 Å². The third kappa shape index (κ3) is 3.93. The molecule has 140 valence electrons. The lowest BCUT2D eigenvalue weighted by Gasteiger charge is -2.34. The summed E-state index contributed by atoms with van der Waals surface area (Å²) in [6.07, 6.45) is 0. The zero-order valence-electron chi connectivity index (χ0n) is 15.0. The van der Waals surface area contributed by atoms with E-state index in [0.717, 1.165) is 30.2 Å². The van der Waals surface area contributed by atoms with Crippen molar-refractivity contribution in [2.75, 3.05) is 33.3 Å². The minimum absolute atomic E-state index is 0.0333. The number of piperazine rings is 1. The summed E-state index contributed by atoms with van der Waals surface area (Å²) in [7, 11) is 1.57. The molecule has 0 radical (unpaired) electrons. The number of aromatic nitrogens is 1. The van der Waals surface area contributed by atoms with E-state index in [1.807, 2.05) is 23.1 Å². The summed E-state index contributed by atoms with van der Waals surface area (Å²) >= 11 is 7.80. The maximum absolute atomic E-state index is 12.9. The molecule has 2 aromatic carbocycles. The highest BCUT2D eigenvalue weighted by atomic mass is 35.5. The second-order valence-corrected chi connectivity index (χ2v) is 8.04. The minimum atomic E-state index is -0.0333. The van der Waals surface area contributed by atoms with Gasteiger partial charge in [-0.25, -0.2) is 4.98 Å². The molecule has 1 amide bonds. The maximum Gasteiger partial charge on any atom is 0.257 e. The smallest absolute Gasteiger partial charge is 0.257 e. The Kier molecular flexibility index (Phi) is 5.29. The first-order valence-electron chi connectivity index (χ1n) is 8.83. The number of ether oxygens (including phenoxy) is 1. The van der Waals surface area contributed by atoms with Gasteiger partial charge in [-0.15, -0.1) is 11.3 Å². The number of amides is 1. The molecule has 1 aliphatic rings. The number of rotatable bonds is 4. The Labute approximate surface area is 167 Å². The van der Waals surface area contributed by atoms with E-state index in [1.165, 1.54) is 4.70 Å². The molecule has 5 nitrogen and oxygen atoms in total. The van der Waals surface area contributed by atoms with Crippen LogP contribution in [0.1, 0.15) is 15.4 Å². The van der Waals surface area contributed by atoms with Crippen molar-refractivity contribution in [3.63, 3.8) is 0 Å². The van der Waals surface area contributed by atoms with Gasteiger partial charge in [0.1, 0.15) is 10.8 Å². The van der Waals surface area contributed by atoms with Gasteiger partial charge in [0, 0.05) is 31.2 Å². The number of fused-ring (bicyclic) bond motifs is 1. The Morgan fingerprint density at radius 3 is 2.70 bits per heavy atom. The second-order valence-electron chi connectivity index (χ2n) is 6.49. The van der Waals surface area contributed by atoms with Gasteiger partial charge in [0.2, 0.25) is 0 Å². The fraction of sp³-hybridized carbons (Fsp3) is 0.300. The first kappa shape index (κ1) is 18.2. The number of hydrogen-bond acceptors (Lipinski definition) is 5. The lowest BCUT2D eigenvalue weighted by atomic mass is 10.1. The van der Waals surface area contributed by atoms with E-state index in [9.17, 15) is 4.79 Å². The predicted molar refractivity (Wildman–Crippen MR) is 109 cm³/mol. The molecule has 0 spiro atoms. The average Bonchev–Trinajstić information content (AvgIpc) is 3.10. The molecule has 4 rings (SSSR count). The molecular weight excluding hydrogens is 382 g/mol. The summed E-state index contributed by atoms with van der Waals surface area (Å²) in [5, 5.41) is 1.65. The van der Waals surface area contributed by atoms with Crippen LogP contribution in [0.3, 0.4) is 0 Å². The minimum Gasteiger partial charge on any atom is -0.496 e. The van der Waals surface area contributed by atoms with Crippen LogP contribution in [-0.2, 0) is 6.54 Å². The van der Waals surface area contributed by atoms with Crippen molar-refractivity contribution in [2.45, 2.75) is 6.54 Å². The number of carbonyl (C=O) groups excluding carboxylic acids is 1. The molecular formula is C20H20ClN3O2S. The van der Waals surface area contributed by atoms with Crippen molar-refractivity contribution >= 4 is 39.1 Å². The molecule has 7 heteroatoms. The van der Waals surface area contributed by atoms with E-state index in [-0.39, 0.29) is 5.91 Å². The van der Waals surface area contributed by atoms with Crippen molar-refractivity contribution < 1.29 is 9.53 Å².